The first-order chi connectivity index (χ1) is 11.8. The van der Waals surface area contributed by atoms with Gasteiger partial charge in [0.25, 0.3) is 0 Å². The Morgan fingerprint density at radius 3 is 2.96 bits per heavy atom. The smallest absolute Gasteiger partial charge is 0.0736 e. The molecule has 1 aliphatic carbocycles. The Bertz CT molecular complexity index is 665. The average molecular weight is 326 g/mol. The van der Waals surface area contributed by atoms with Crippen molar-refractivity contribution in [3.05, 3.63) is 47.5 Å². The number of likely N-dealkylation sites (tertiary alicyclic amines) is 1. The molecule has 0 N–H and O–H groups in total. The molecule has 2 aromatic heterocycles. The van der Waals surface area contributed by atoms with Gasteiger partial charge in [-0.1, -0.05) is 6.07 Å². The van der Waals surface area contributed by atoms with Crippen molar-refractivity contribution in [1.29, 1.82) is 0 Å². The van der Waals surface area contributed by atoms with Gasteiger partial charge in [-0.25, -0.2) is 0 Å². The summed E-state index contributed by atoms with van der Waals surface area (Å²) in [6, 6.07) is 4.04. The van der Waals surface area contributed by atoms with Crippen LogP contribution in [0.4, 0.5) is 0 Å². The summed E-state index contributed by atoms with van der Waals surface area (Å²) >= 11 is 0. The average Bonchev–Trinajstić information content (AvgIpc) is 3.38. The molecule has 4 rings (SSSR count). The first-order valence-electron chi connectivity index (χ1n) is 9.03. The highest BCUT2D eigenvalue weighted by Gasteiger charge is 2.30. The Kier molecular flexibility index (Phi) is 4.63. The van der Waals surface area contributed by atoms with Gasteiger partial charge in [0.2, 0.25) is 0 Å². The first kappa shape index (κ1) is 15.8. The molecule has 128 valence electrons. The molecule has 0 radical (unpaired) electrons. The lowest BCUT2D eigenvalue weighted by atomic mass is 10.1. The Hall–Kier alpha value is -1.72. The maximum absolute atomic E-state index is 6.13. The molecule has 5 heteroatoms. The van der Waals surface area contributed by atoms with Crippen LogP contribution < -0.4 is 0 Å². The minimum absolute atomic E-state index is 0.319. The third-order valence-electron chi connectivity index (χ3n) is 5.09. The molecule has 0 spiro atoms. The number of hydrogen-bond donors (Lipinski definition) is 0. The van der Waals surface area contributed by atoms with Crippen molar-refractivity contribution in [2.75, 3.05) is 13.1 Å². The van der Waals surface area contributed by atoms with Crippen LogP contribution in [0, 0.1) is 0 Å². The van der Waals surface area contributed by atoms with Crippen LogP contribution in [0.1, 0.15) is 48.4 Å². The summed E-state index contributed by atoms with van der Waals surface area (Å²) in [4.78, 5) is 6.68. The van der Waals surface area contributed by atoms with E-state index in [1.807, 2.05) is 12.3 Å². The van der Waals surface area contributed by atoms with Crippen LogP contribution in [0.3, 0.4) is 0 Å². The number of piperidine rings is 1. The number of nitrogens with zero attached hydrogens (tertiary/aromatic N) is 4. The molecule has 3 heterocycles. The van der Waals surface area contributed by atoms with Crippen LogP contribution in [0.15, 0.2) is 30.7 Å². The zero-order chi connectivity index (χ0) is 16.4. The van der Waals surface area contributed by atoms with Crippen LogP contribution in [-0.4, -0.2) is 38.9 Å². The number of rotatable bonds is 6. The molecule has 0 amide bonds. The topological polar surface area (TPSA) is 43.2 Å². The summed E-state index contributed by atoms with van der Waals surface area (Å²) in [6.07, 6.45) is 11.1. The van der Waals surface area contributed by atoms with E-state index in [4.69, 9.17) is 4.74 Å². The van der Waals surface area contributed by atoms with E-state index in [0.29, 0.717) is 12.7 Å². The van der Waals surface area contributed by atoms with E-state index in [1.165, 1.54) is 30.5 Å². The highest BCUT2D eigenvalue weighted by molar-refractivity contribution is 5.25. The molecular formula is C19H26N4O. The monoisotopic (exact) mass is 326 g/mol. The fourth-order valence-electron chi connectivity index (χ4n) is 3.73. The molecule has 1 aliphatic heterocycles. The van der Waals surface area contributed by atoms with Gasteiger partial charge in [0.05, 0.1) is 18.9 Å². The van der Waals surface area contributed by atoms with Crippen molar-refractivity contribution in [3.63, 3.8) is 0 Å². The van der Waals surface area contributed by atoms with Gasteiger partial charge in [-0.15, -0.1) is 0 Å². The largest absolute Gasteiger partial charge is 0.372 e. The molecule has 1 saturated carbocycles. The maximum atomic E-state index is 6.13. The Morgan fingerprint density at radius 2 is 2.17 bits per heavy atom. The second-order valence-corrected chi connectivity index (χ2v) is 7.12. The van der Waals surface area contributed by atoms with Crippen LogP contribution in [-0.2, 0) is 24.9 Å². The van der Waals surface area contributed by atoms with E-state index in [-0.39, 0.29) is 0 Å². The second-order valence-electron chi connectivity index (χ2n) is 7.12. The third-order valence-corrected chi connectivity index (χ3v) is 5.09. The molecule has 2 aliphatic rings. The third kappa shape index (κ3) is 3.68. The maximum Gasteiger partial charge on any atom is 0.0736 e. The van der Waals surface area contributed by atoms with E-state index in [9.17, 15) is 0 Å². The normalized spacial score (nSPS) is 22.0. The second kappa shape index (κ2) is 7.03. The van der Waals surface area contributed by atoms with E-state index in [0.717, 1.165) is 37.5 Å². The standard InChI is InChI=1S/C19H26N4O/c1-22-19(16-6-7-16)17(11-21-22)12-23-9-3-5-18(13-23)24-14-15-4-2-8-20-10-15/h2,4,8,10-11,16,18H,3,5-7,9,12-14H2,1H3. The minimum Gasteiger partial charge on any atom is -0.372 e. The van der Waals surface area contributed by atoms with Crippen LogP contribution in [0.2, 0.25) is 0 Å². The van der Waals surface area contributed by atoms with Crippen molar-refractivity contribution < 1.29 is 4.74 Å². The molecule has 2 aromatic rings. The number of aromatic nitrogens is 3. The molecule has 0 aromatic carbocycles. The lowest BCUT2D eigenvalue weighted by molar-refractivity contribution is -0.0122. The van der Waals surface area contributed by atoms with Crippen LogP contribution in [0.25, 0.3) is 0 Å². The SMILES string of the molecule is Cn1ncc(CN2CCCC(OCc3cccnc3)C2)c1C1CC1. The van der Waals surface area contributed by atoms with E-state index >= 15 is 0 Å². The summed E-state index contributed by atoms with van der Waals surface area (Å²) in [5.74, 6) is 0.745. The van der Waals surface area contributed by atoms with Gasteiger partial charge in [-0.2, -0.15) is 5.10 Å². The van der Waals surface area contributed by atoms with E-state index in [1.54, 1.807) is 6.20 Å². The molecule has 1 atom stereocenters. The van der Waals surface area contributed by atoms with Gasteiger partial charge in [0.1, 0.15) is 0 Å². The van der Waals surface area contributed by atoms with Crippen molar-refractivity contribution in [3.8, 4) is 0 Å². The van der Waals surface area contributed by atoms with Crippen molar-refractivity contribution in [2.45, 2.75) is 50.9 Å². The highest BCUT2D eigenvalue weighted by Crippen LogP contribution is 2.41. The predicted octanol–water partition coefficient (Wildman–Crippen LogP) is 2.87. The van der Waals surface area contributed by atoms with Crippen molar-refractivity contribution >= 4 is 0 Å². The predicted molar refractivity (Wildman–Crippen MR) is 92.5 cm³/mol. The number of hydrogen-bond acceptors (Lipinski definition) is 4. The molecule has 0 bridgehead atoms. The zero-order valence-electron chi connectivity index (χ0n) is 14.4. The first-order valence-corrected chi connectivity index (χ1v) is 9.03. The van der Waals surface area contributed by atoms with Gasteiger partial charge < -0.3 is 4.74 Å². The highest BCUT2D eigenvalue weighted by atomic mass is 16.5. The fourth-order valence-corrected chi connectivity index (χ4v) is 3.73. The lowest BCUT2D eigenvalue weighted by Crippen LogP contribution is -2.39. The van der Waals surface area contributed by atoms with Gasteiger partial charge in [-0.05, 0) is 43.9 Å². The van der Waals surface area contributed by atoms with E-state index in [2.05, 4.69) is 39.0 Å². The van der Waals surface area contributed by atoms with E-state index < -0.39 is 0 Å². The van der Waals surface area contributed by atoms with Gasteiger partial charge in [-0.3, -0.25) is 14.6 Å². The summed E-state index contributed by atoms with van der Waals surface area (Å²) in [6.45, 7) is 3.84. The molecule has 1 saturated heterocycles. The van der Waals surface area contributed by atoms with Gasteiger partial charge in [0.15, 0.2) is 0 Å². The molecule has 24 heavy (non-hydrogen) atoms. The zero-order valence-corrected chi connectivity index (χ0v) is 14.4. The van der Waals surface area contributed by atoms with Crippen LogP contribution in [0.5, 0.6) is 0 Å². The van der Waals surface area contributed by atoms with Crippen LogP contribution >= 0.6 is 0 Å². The molecule has 2 fully saturated rings. The molecular weight excluding hydrogens is 300 g/mol. The summed E-state index contributed by atoms with van der Waals surface area (Å²) in [5.41, 5.74) is 4.01. The number of aryl methyl sites for hydroxylation is 1. The number of pyridine rings is 1. The quantitative estimate of drug-likeness (QED) is 0.819. The van der Waals surface area contributed by atoms with Gasteiger partial charge >= 0.3 is 0 Å². The molecule has 1 unspecified atom stereocenters. The fraction of sp³-hybridized carbons (Fsp3) is 0.579. The molecule has 5 nitrogen and oxygen atoms in total. The Morgan fingerprint density at radius 1 is 1.25 bits per heavy atom. The Labute approximate surface area is 143 Å². The summed E-state index contributed by atoms with van der Waals surface area (Å²) in [7, 11) is 2.08. The summed E-state index contributed by atoms with van der Waals surface area (Å²) < 4.78 is 8.21. The van der Waals surface area contributed by atoms with Crippen molar-refractivity contribution in [1.82, 2.24) is 19.7 Å². The summed E-state index contributed by atoms with van der Waals surface area (Å²) in [5, 5.41) is 4.49. The van der Waals surface area contributed by atoms with Gasteiger partial charge in [0, 0.05) is 49.7 Å². The minimum atomic E-state index is 0.319. The Balaban J connectivity index is 1.33. The lowest BCUT2D eigenvalue weighted by Gasteiger charge is -2.32. The van der Waals surface area contributed by atoms with Crippen molar-refractivity contribution in [2.24, 2.45) is 7.05 Å². The number of ether oxygens (including phenoxy) is 1.